The number of benzene rings is 1. The highest BCUT2D eigenvalue weighted by Gasteiger charge is 2.32. The van der Waals surface area contributed by atoms with Crippen LogP contribution in [-0.2, 0) is 12.8 Å². The molecule has 0 fully saturated rings. The van der Waals surface area contributed by atoms with E-state index in [-0.39, 0.29) is 17.3 Å². The number of nitrogens with one attached hydrogen (secondary N) is 2. The van der Waals surface area contributed by atoms with Gasteiger partial charge in [-0.1, -0.05) is 23.2 Å². The van der Waals surface area contributed by atoms with Gasteiger partial charge in [0.05, 0.1) is 29.2 Å². The summed E-state index contributed by atoms with van der Waals surface area (Å²) >= 11 is 13.1. The molecule has 1 aliphatic carbocycles. The number of H-pyrrole nitrogens is 2. The zero-order chi connectivity index (χ0) is 20.7. The molecule has 1 unspecified atom stereocenters. The molecule has 1 atom stereocenters. The quantitative estimate of drug-likeness (QED) is 0.453. The van der Waals surface area contributed by atoms with Crippen molar-refractivity contribution in [3.8, 4) is 22.9 Å². The maximum Gasteiger partial charge on any atom is 0.316 e. The number of hydrogen-bond acceptors (Lipinski definition) is 6. The van der Waals surface area contributed by atoms with Gasteiger partial charge in [0.25, 0.3) is 0 Å². The summed E-state index contributed by atoms with van der Waals surface area (Å²) in [6.45, 7) is 0. The summed E-state index contributed by atoms with van der Waals surface area (Å²) in [6.07, 6.45) is 3.22. The van der Waals surface area contributed by atoms with Crippen molar-refractivity contribution in [2.45, 2.75) is 25.2 Å². The average molecular weight is 438 g/mol. The second kappa shape index (κ2) is 7.57. The van der Waals surface area contributed by atoms with Gasteiger partial charge in [-0.3, -0.25) is 20.3 Å². The van der Waals surface area contributed by atoms with Crippen LogP contribution in [0, 0.1) is 10.1 Å². The van der Waals surface area contributed by atoms with Crippen LogP contribution >= 0.6 is 23.2 Å². The molecule has 2 aromatic heterocycles. The van der Waals surface area contributed by atoms with E-state index in [0.717, 1.165) is 23.2 Å². The number of hydrogen-bond donors (Lipinski definition) is 2. The highest BCUT2D eigenvalue weighted by atomic mass is 35.5. The Bertz CT molecular complexity index is 1070. The Balaban J connectivity index is 1.72. The molecule has 2 heterocycles. The van der Waals surface area contributed by atoms with Crippen molar-refractivity contribution in [2.75, 3.05) is 14.2 Å². The van der Waals surface area contributed by atoms with Crippen LogP contribution in [0.3, 0.4) is 0 Å². The van der Waals surface area contributed by atoms with E-state index in [4.69, 9.17) is 32.7 Å². The van der Waals surface area contributed by atoms with Crippen molar-refractivity contribution < 1.29 is 14.4 Å². The average Bonchev–Trinajstić information content (AvgIpc) is 3.34. The molecule has 1 aliphatic rings. The topological polar surface area (TPSA) is 119 Å². The van der Waals surface area contributed by atoms with Crippen LogP contribution in [0.2, 0.25) is 10.0 Å². The number of methoxy groups -OCH3 is 2. The summed E-state index contributed by atoms with van der Waals surface area (Å²) in [4.78, 5) is 10.8. The second-order valence-corrected chi connectivity index (χ2v) is 7.42. The molecule has 0 amide bonds. The number of halogens is 2. The van der Waals surface area contributed by atoms with Gasteiger partial charge < -0.3 is 9.47 Å². The van der Waals surface area contributed by atoms with E-state index in [1.807, 2.05) is 0 Å². The number of nitrogens with zero attached hydrogens (tertiary/aromatic N) is 3. The van der Waals surface area contributed by atoms with Crippen molar-refractivity contribution >= 4 is 28.9 Å². The third-order valence-corrected chi connectivity index (χ3v) is 5.98. The van der Waals surface area contributed by atoms with E-state index < -0.39 is 4.92 Å². The maximum atomic E-state index is 11.2. The van der Waals surface area contributed by atoms with Crippen molar-refractivity contribution in [3.05, 3.63) is 49.2 Å². The Hall–Kier alpha value is -2.78. The first-order valence-electron chi connectivity index (χ1n) is 8.80. The molecular formula is C18H17Cl2N5O4. The molecule has 3 aromatic rings. The van der Waals surface area contributed by atoms with Crippen molar-refractivity contribution in [1.29, 1.82) is 0 Å². The van der Waals surface area contributed by atoms with Crippen LogP contribution in [0.15, 0.2) is 12.3 Å². The highest BCUT2D eigenvalue weighted by molar-refractivity contribution is 6.38. The molecule has 11 heteroatoms. The lowest BCUT2D eigenvalue weighted by atomic mass is 9.82. The third-order valence-electron chi connectivity index (χ3n) is 5.20. The number of rotatable bonds is 5. The minimum Gasteiger partial charge on any atom is -0.495 e. The molecule has 0 bridgehead atoms. The fourth-order valence-electron chi connectivity index (χ4n) is 3.81. The van der Waals surface area contributed by atoms with Crippen molar-refractivity contribution in [2.24, 2.45) is 0 Å². The molecule has 0 aliphatic heterocycles. The van der Waals surface area contributed by atoms with Gasteiger partial charge in [0.15, 0.2) is 5.69 Å². The SMILES string of the molecule is COc1cc(OC)c(Cl)c(C2CCc3c(-c4n[nH]cc4[N+](=O)[O-])n[nH]c3C2)c1Cl. The first-order chi connectivity index (χ1) is 14.0. The lowest BCUT2D eigenvalue weighted by Crippen LogP contribution is -2.14. The van der Waals surface area contributed by atoms with E-state index in [9.17, 15) is 10.1 Å². The van der Waals surface area contributed by atoms with Gasteiger partial charge >= 0.3 is 5.69 Å². The summed E-state index contributed by atoms with van der Waals surface area (Å²) in [5, 5.41) is 26.0. The van der Waals surface area contributed by atoms with Crippen LogP contribution in [-0.4, -0.2) is 39.5 Å². The standard InChI is InChI=1S/C18H17Cl2N5O4/c1-28-12-6-13(29-2)16(20)14(15(12)19)8-3-4-9-10(5-8)22-24-17(9)18-11(25(26)27)7-21-23-18/h6-8H,3-5H2,1-2H3,(H,21,23)(H,22,24). The molecule has 0 spiro atoms. The first-order valence-corrected chi connectivity index (χ1v) is 9.56. The van der Waals surface area contributed by atoms with Gasteiger partial charge in [0.1, 0.15) is 23.4 Å². The number of fused-ring (bicyclic) bond motifs is 1. The fraction of sp³-hybridized carbons (Fsp3) is 0.333. The van der Waals surface area contributed by atoms with E-state index in [1.54, 1.807) is 6.07 Å². The largest absolute Gasteiger partial charge is 0.495 e. The summed E-state index contributed by atoms with van der Waals surface area (Å²) in [5.74, 6) is 0.992. The monoisotopic (exact) mass is 437 g/mol. The minimum atomic E-state index is -0.479. The third kappa shape index (κ3) is 3.20. The zero-order valence-electron chi connectivity index (χ0n) is 15.6. The number of aromatic amines is 2. The normalized spacial score (nSPS) is 15.8. The molecular weight excluding hydrogens is 421 g/mol. The molecule has 2 N–H and O–H groups in total. The molecule has 4 rings (SSSR count). The summed E-state index contributed by atoms with van der Waals surface area (Å²) in [6, 6.07) is 1.66. The maximum absolute atomic E-state index is 11.2. The smallest absolute Gasteiger partial charge is 0.316 e. The Morgan fingerprint density at radius 3 is 2.48 bits per heavy atom. The number of aromatic nitrogens is 4. The van der Waals surface area contributed by atoms with Crippen LogP contribution in [0.5, 0.6) is 11.5 Å². The molecule has 0 saturated carbocycles. The minimum absolute atomic E-state index is 0.00831. The second-order valence-electron chi connectivity index (χ2n) is 6.67. The van der Waals surface area contributed by atoms with Crippen LogP contribution < -0.4 is 9.47 Å². The fourth-order valence-corrected chi connectivity index (χ4v) is 4.62. The number of nitro groups is 1. The van der Waals surface area contributed by atoms with E-state index >= 15 is 0 Å². The van der Waals surface area contributed by atoms with Crippen molar-refractivity contribution in [1.82, 2.24) is 20.4 Å². The molecule has 152 valence electrons. The van der Waals surface area contributed by atoms with Gasteiger partial charge in [-0.05, 0) is 25.2 Å². The molecule has 0 radical (unpaired) electrons. The molecule has 1 aromatic carbocycles. The van der Waals surface area contributed by atoms with Crippen molar-refractivity contribution in [3.63, 3.8) is 0 Å². The predicted molar refractivity (Wildman–Crippen MR) is 107 cm³/mol. The molecule has 9 nitrogen and oxygen atoms in total. The number of ether oxygens (including phenoxy) is 2. The molecule has 29 heavy (non-hydrogen) atoms. The van der Waals surface area contributed by atoms with E-state index in [2.05, 4.69) is 20.4 Å². The van der Waals surface area contributed by atoms with Crippen LogP contribution in [0.4, 0.5) is 5.69 Å². The Kier molecular flexibility index (Phi) is 5.10. The highest BCUT2D eigenvalue weighted by Crippen LogP contribution is 2.47. The summed E-state index contributed by atoms with van der Waals surface area (Å²) in [5.41, 5.74) is 3.17. The van der Waals surface area contributed by atoms with Gasteiger partial charge in [-0.2, -0.15) is 10.2 Å². The summed E-state index contributed by atoms with van der Waals surface area (Å²) < 4.78 is 10.7. The zero-order valence-corrected chi connectivity index (χ0v) is 17.1. The Morgan fingerprint density at radius 2 is 1.86 bits per heavy atom. The Labute approximate surface area is 175 Å². The van der Waals surface area contributed by atoms with E-state index in [0.29, 0.717) is 40.1 Å². The Morgan fingerprint density at radius 1 is 1.17 bits per heavy atom. The lowest BCUT2D eigenvalue weighted by molar-refractivity contribution is -0.384. The van der Waals surface area contributed by atoms with Gasteiger partial charge in [-0.15, -0.1) is 0 Å². The summed E-state index contributed by atoms with van der Waals surface area (Å²) in [7, 11) is 3.07. The van der Waals surface area contributed by atoms with Gasteiger partial charge in [-0.25, -0.2) is 0 Å². The van der Waals surface area contributed by atoms with Gasteiger partial charge in [0.2, 0.25) is 0 Å². The first kappa shape index (κ1) is 19.5. The predicted octanol–water partition coefficient (Wildman–Crippen LogP) is 4.30. The van der Waals surface area contributed by atoms with Gasteiger partial charge in [0, 0.05) is 22.9 Å². The molecule has 0 saturated heterocycles. The van der Waals surface area contributed by atoms with Crippen LogP contribution in [0.25, 0.3) is 11.4 Å². The van der Waals surface area contributed by atoms with E-state index in [1.165, 1.54) is 20.4 Å². The lowest BCUT2D eigenvalue weighted by Gasteiger charge is -2.26. The van der Waals surface area contributed by atoms with Crippen LogP contribution in [0.1, 0.15) is 29.2 Å².